The molecule has 72 valence electrons. The Morgan fingerprint density at radius 1 is 1.33 bits per heavy atom. The summed E-state index contributed by atoms with van der Waals surface area (Å²) in [5.74, 6) is 0.690. The SMILES string of the molecule is CC(CC(C)C)=NNC(C)(C)C. The minimum Gasteiger partial charge on any atom is -0.305 e. The quantitative estimate of drug-likeness (QED) is 0.511. The van der Waals surface area contributed by atoms with Crippen molar-refractivity contribution in [2.45, 2.75) is 53.5 Å². The van der Waals surface area contributed by atoms with Crippen molar-refractivity contribution in [1.29, 1.82) is 0 Å². The van der Waals surface area contributed by atoms with E-state index >= 15 is 0 Å². The third-order valence-electron chi connectivity index (χ3n) is 1.29. The van der Waals surface area contributed by atoms with E-state index in [1.165, 1.54) is 5.71 Å². The van der Waals surface area contributed by atoms with Gasteiger partial charge in [0.2, 0.25) is 0 Å². The predicted octanol–water partition coefficient (Wildman–Crippen LogP) is 2.80. The monoisotopic (exact) mass is 170 g/mol. The molecule has 0 atom stereocenters. The normalized spacial score (nSPS) is 13.8. The first kappa shape index (κ1) is 11.5. The van der Waals surface area contributed by atoms with Crippen molar-refractivity contribution in [2.75, 3.05) is 0 Å². The molecule has 0 radical (unpaired) electrons. The first-order valence-corrected chi connectivity index (χ1v) is 4.61. The Balaban J connectivity index is 3.85. The van der Waals surface area contributed by atoms with Gasteiger partial charge < -0.3 is 5.43 Å². The van der Waals surface area contributed by atoms with Crippen LogP contribution < -0.4 is 5.43 Å². The molecule has 12 heavy (non-hydrogen) atoms. The van der Waals surface area contributed by atoms with E-state index in [1.54, 1.807) is 0 Å². The molecular weight excluding hydrogens is 148 g/mol. The average Bonchev–Trinajstić information content (AvgIpc) is 1.80. The van der Waals surface area contributed by atoms with E-state index in [9.17, 15) is 0 Å². The fraction of sp³-hybridized carbons (Fsp3) is 0.900. The van der Waals surface area contributed by atoms with Gasteiger partial charge in [0.15, 0.2) is 0 Å². The van der Waals surface area contributed by atoms with Crippen molar-refractivity contribution in [3.05, 3.63) is 0 Å². The van der Waals surface area contributed by atoms with Gasteiger partial charge in [0.1, 0.15) is 0 Å². The van der Waals surface area contributed by atoms with Gasteiger partial charge in [-0.15, -0.1) is 0 Å². The van der Waals surface area contributed by atoms with Gasteiger partial charge in [0, 0.05) is 11.3 Å². The lowest BCUT2D eigenvalue weighted by Crippen LogP contribution is -2.32. The van der Waals surface area contributed by atoms with Gasteiger partial charge >= 0.3 is 0 Å². The standard InChI is InChI=1S/C10H22N2/c1-8(2)7-9(3)11-12-10(4,5)6/h8,12H,7H2,1-6H3. The van der Waals surface area contributed by atoms with Crippen LogP contribution in [-0.2, 0) is 0 Å². The third-order valence-corrected chi connectivity index (χ3v) is 1.29. The molecule has 0 fully saturated rings. The third kappa shape index (κ3) is 7.58. The molecule has 0 aromatic carbocycles. The molecule has 0 aliphatic rings. The zero-order chi connectivity index (χ0) is 9.78. The Bertz CT molecular complexity index is 152. The molecule has 1 N–H and O–H groups in total. The molecular formula is C10H22N2. The summed E-state index contributed by atoms with van der Waals surface area (Å²) in [6.07, 6.45) is 1.07. The summed E-state index contributed by atoms with van der Waals surface area (Å²) in [5, 5.41) is 4.30. The van der Waals surface area contributed by atoms with E-state index in [2.05, 4.69) is 52.1 Å². The zero-order valence-electron chi connectivity index (χ0n) is 9.23. The van der Waals surface area contributed by atoms with Gasteiger partial charge in [-0.05, 0) is 40.0 Å². The van der Waals surface area contributed by atoms with Crippen LogP contribution in [0.1, 0.15) is 48.0 Å². The van der Waals surface area contributed by atoms with Crippen molar-refractivity contribution >= 4 is 5.71 Å². The summed E-state index contributed by atoms with van der Waals surface area (Å²) < 4.78 is 0. The summed E-state index contributed by atoms with van der Waals surface area (Å²) in [5.41, 5.74) is 4.38. The summed E-state index contributed by atoms with van der Waals surface area (Å²) in [4.78, 5) is 0. The van der Waals surface area contributed by atoms with E-state index in [0.717, 1.165) is 6.42 Å². The number of hydrogen-bond donors (Lipinski definition) is 1. The maximum Gasteiger partial charge on any atom is 0.0464 e. The summed E-state index contributed by atoms with van der Waals surface area (Å²) in [6.45, 7) is 12.8. The summed E-state index contributed by atoms with van der Waals surface area (Å²) in [6, 6.07) is 0. The lowest BCUT2D eigenvalue weighted by molar-refractivity contribution is 0.439. The van der Waals surface area contributed by atoms with Crippen molar-refractivity contribution in [2.24, 2.45) is 11.0 Å². The molecule has 0 heterocycles. The Morgan fingerprint density at radius 3 is 2.17 bits per heavy atom. The highest BCUT2D eigenvalue weighted by Crippen LogP contribution is 2.02. The molecule has 0 aliphatic carbocycles. The fourth-order valence-electron chi connectivity index (χ4n) is 0.900. The molecule has 0 spiro atoms. The second-order valence-electron chi connectivity index (χ2n) is 4.81. The molecule has 0 saturated carbocycles. The first-order valence-electron chi connectivity index (χ1n) is 4.61. The zero-order valence-corrected chi connectivity index (χ0v) is 9.23. The molecule has 0 unspecified atom stereocenters. The molecule has 0 saturated heterocycles. The highest BCUT2D eigenvalue weighted by atomic mass is 15.3. The maximum absolute atomic E-state index is 4.30. The van der Waals surface area contributed by atoms with Crippen LogP contribution in [0.25, 0.3) is 0 Å². The van der Waals surface area contributed by atoms with Crippen molar-refractivity contribution in [3.8, 4) is 0 Å². The number of nitrogens with zero attached hydrogens (tertiary/aromatic N) is 1. The molecule has 0 bridgehead atoms. The van der Waals surface area contributed by atoms with Crippen LogP contribution in [0.2, 0.25) is 0 Å². The number of rotatable bonds is 3. The average molecular weight is 170 g/mol. The molecule has 0 aromatic heterocycles. The van der Waals surface area contributed by atoms with Crippen LogP contribution in [0, 0.1) is 5.92 Å². The second kappa shape index (κ2) is 4.48. The van der Waals surface area contributed by atoms with Gasteiger partial charge in [-0.1, -0.05) is 13.8 Å². The van der Waals surface area contributed by atoms with Gasteiger partial charge in [-0.3, -0.25) is 0 Å². The van der Waals surface area contributed by atoms with E-state index in [0.29, 0.717) is 5.92 Å². The van der Waals surface area contributed by atoms with E-state index in [1.807, 2.05) is 0 Å². The van der Waals surface area contributed by atoms with E-state index < -0.39 is 0 Å². The van der Waals surface area contributed by atoms with Gasteiger partial charge in [-0.2, -0.15) is 5.10 Å². The van der Waals surface area contributed by atoms with Crippen LogP contribution in [0.5, 0.6) is 0 Å². The van der Waals surface area contributed by atoms with Gasteiger partial charge in [-0.25, -0.2) is 0 Å². The predicted molar refractivity (Wildman–Crippen MR) is 55.5 cm³/mol. The Hall–Kier alpha value is -0.530. The van der Waals surface area contributed by atoms with Crippen molar-refractivity contribution in [1.82, 2.24) is 5.43 Å². The molecule has 2 heteroatoms. The summed E-state index contributed by atoms with van der Waals surface area (Å²) in [7, 11) is 0. The Kier molecular flexibility index (Phi) is 4.29. The Labute approximate surface area is 76.4 Å². The minimum atomic E-state index is 0.0816. The van der Waals surface area contributed by atoms with E-state index in [4.69, 9.17) is 0 Å². The van der Waals surface area contributed by atoms with Crippen LogP contribution in [0.3, 0.4) is 0 Å². The van der Waals surface area contributed by atoms with Crippen LogP contribution in [0.15, 0.2) is 5.10 Å². The molecule has 0 aliphatic heterocycles. The van der Waals surface area contributed by atoms with Crippen molar-refractivity contribution in [3.63, 3.8) is 0 Å². The Morgan fingerprint density at radius 2 is 1.83 bits per heavy atom. The van der Waals surface area contributed by atoms with Crippen LogP contribution >= 0.6 is 0 Å². The second-order valence-corrected chi connectivity index (χ2v) is 4.81. The smallest absolute Gasteiger partial charge is 0.0464 e. The molecule has 0 amide bonds. The highest BCUT2D eigenvalue weighted by molar-refractivity contribution is 5.81. The van der Waals surface area contributed by atoms with E-state index in [-0.39, 0.29) is 5.54 Å². The fourth-order valence-corrected chi connectivity index (χ4v) is 0.900. The highest BCUT2D eigenvalue weighted by Gasteiger charge is 2.06. The number of hydrogen-bond acceptors (Lipinski definition) is 2. The maximum atomic E-state index is 4.30. The largest absolute Gasteiger partial charge is 0.305 e. The lowest BCUT2D eigenvalue weighted by atomic mass is 10.1. The topological polar surface area (TPSA) is 24.4 Å². The van der Waals surface area contributed by atoms with Crippen molar-refractivity contribution < 1.29 is 0 Å². The number of hydrazone groups is 1. The molecule has 0 aromatic rings. The van der Waals surface area contributed by atoms with Gasteiger partial charge in [0.25, 0.3) is 0 Å². The van der Waals surface area contributed by atoms with Gasteiger partial charge in [0.05, 0.1) is 0 Å². The molecule has 2 nitrogen and oxygen atoms in total. The van der Waals surface area contributed by atoms with Crippen LogP contribution in [-0.4, -0.2) is 11.3 Å². The molecule has 0 rings (SSSR count). The minimum absolute atomic E-state index is 0.0816. The first-order chi connectivity index (χ1) is 5.31. The number of nitrogens with one attached hydrogen (secondary N) is 1. The lowest BCUT2D eigenvalue weighted by Gasteiger charge is -2.18. The summed E-state index contributed by atoms with van der Waals surface area (Å²) >= 11 is 0. The van der Waals surface area contributed by atoms with Crippen LogP contribution in [0.4, 0.5) is 0 Å².